The smallest absolute Gasteiger partial charge is 0.335 e. The lowest BCUT2D eigenvalue weighted by Gasteiger charge is -2.38. The number of hydrogen-bond acceptors (Lipinski definition) is 2. The Morgan fingerprint density at radius 1 is 1.17 bits per heavy atom. The molecule has 5 heteroatoms. The fraction of sp³-hybridized carbons (Fsp3) is 0.211. The van der Waals surface area contributed by atoms with E-state index in [0.717, 1.165) is 23.2 Å². The van der Waals surface area contributed by atoms with Gasteiger partial charge in [0.25, 0.3) is 0 Å². The Morgan fingerprint density at radius 3 is 2.62 bits per heavy atom. The first-order valence-electron chi connectivity index (χ1n) is 7.80. The van der Waals surface area contributed by atoms with E-state index in [9.17, 15) is 4.79 Å². The fourth-order valence-corrected chi connectivity index (χ4v) is 4.43. The van der Waals surface area contributed by atoms with Crippen molar-refractivity contribution in [3.05, 3.63) is 75.3 Å². The van der Waals surface area contributed by atoms with Crippen LogP contribution in [0.5, 0.6) is 0 Å². The van der Waals surface area contributed by atoms with Gasteiger partial charge < -0.3 is 10.4 Å². The van der Waals surface area contributed by atoms with Crippen LogP contribution < -0.4 is 5.32 Å². The van der Waals surface area contributed by atoms with Gasteiger partial charge in [0, 0.05) is 27.2 Å². The van der Waals surface area contributed by atoms with Gasteiger partial charge in [0.2, 0.25) is 0 Å². The number of nitrogens with one attached hydrogen (secondary N) is 1. The van der Waals surface area contributed by atoms with E-state index in [-0.39, 0.29) is 12.0 Å². The summed E-state index contributed by atoms with van der Waals surface area (Å²) in [4.78, 5) is 11.1. The summed E-state index contributed by atoms with van der Waals surface area (Å²) in [6.45, 7) is 0. The summed E-state index contributed by atoms with van der Waals surface area (Å²) >= 11 is 12.6. The van der Waals surface area contributed by atoms with Crippen molar-refractivity contribution in [2.24, 2.45) is 5.92 Å². The van der Waals surface area contributed by atoms with Crippen LogP contribution >= 0.6 is 23.2 Å². The van der Waals surface area contributed by atoms with Gasteiger partial charge in [-0.2, -0.15) is 0 Å². The first-order chi connectivity index (χ1) is 11.5. The lowest BCUT2D eigenvalue weighted by Crippen LogP contribution is -2.29. The highest BCUT2D eigenvalue weighted by Gasteiger charge is 2.39. The summed E-state index contributed by atoms with van der Waals surface area (Å²) in [6.07, 6.45) is 5.36. The maximum absolute atomic E-state index is 11.1. The predicted octanol–water partition coefficient (Wildman–Crippen LogP) is 5.52. The maximum Gasteiger partial charge on any atom is 0.335 e. The van der Waals surface area contributed by atoms with E-state index >= 15 is 0 Å². The van der Waals surface area contributed by atoms with Crippen molar-refractivity contribution in [3.8, 4) is 0 Å². The molecular weight excluding hydrogens is 345 g/mol. The number of carboxylic acid groups (broad SMARTS) is 1. The Kier molecular flexibility index (Phi) is 3.78. The largest absolute Gasteiger partial charge is 0.478 e. The average Bonchev–Trinajstić information content (AvgIpc) is 3.02. The molecule has 1 aliphatic carbocycles. The number of aromatic carboxylic acids is 1. The summed E-state index contributed by atoms with van der Waals surface area (Å²) in [5.41, 5.74) is 3.41. The summed E-state index contributed by atoms with van der Waals surface area (Å²) in [7, 11) is 0. The number of carbonyl (C=O) groups is 1. The Bertz CT molecular complexity index is 845. The number of fused-ring (bicyclic) bond motifs is 3. The molecule has 24 heavy (non-hydrogen) atoms. The van der Waals surface area contributed by atoms with Gasteiger partial charge in [-0.3, -0.25) is 0 Å². The molecule has 2 aromatic rings. The molecule has 4 rings (SSSR count). The van der Waals surface area contributed by atoms with Gasteiger partial charge in [0.05, 0.1) is 11.6 Å². The maximum atomic E-state index is 11.1. The normalized spacial score (nSPS) is 24.2. The number of hydrogen-bond donors (Lipinski definition) is 2. The number of halogens is 2. The Hall–Kier alpha value is -1.97. The quantitative estimate of drug-likeness (QED) is 0.694. The molecule has 0 spiro atoms. The molecule has 122 valence electrons. The van der Waals surface area contributed by atoms with Crippen LogP contribution in [0.3, 0.4) is 0 Å². The topological polar surface area (TPSA) is 49.3 Å². The van der Waals surface area contributed by atoms with Gasteiger partial charge in [0.15, 0.2) is 0 Å². The molecule has 2 aromatic carbocycles. The SMILES string of the molecule is O=C(O)c1ccc(C2Nc3cc(Cl)cc(Cl)c3C3C=CCC32)cc1. The summed E-state index contributed by atoms with van der Waals surface area (Å²) in [5.74, 6) is -0.315. The van der Waals surface area contributed by atoms with E-state index in [1.807, 2.05) is 18.2 Å². The van der Waals surface area contributed by atoms with Crippen molar-refractivity contribution in [2.75, 3.05) is 5.32 Å². The third-order valence-electron chi connectivity index (χ3n) is 4.90. The summed E-state index contributed by atoms with van der Waals surface area (Å²) in [6, 6.07) is 10.9. The number of allylic oxidation sites excluding steroid dienone is 2. The second-order valence-corrected chi connectivity index (χ2v) is 7.10. The number of anilines is 1. The monoisotopic (exact) mass is 359 g/mol. The zero-order chi connectivity index (χ0) is 16.8. The zero-order valence-corrected chi connectivity index (χ0v) is 14.2. The van der Waals surface area contributed by atoms with Crippen molar-refractivity contribution in [2.45, 2.75) is 18.4 Å². The van der Waals surface area contributed by atoms with Crippen molar-refractivity contribution < 1.29 is 9.90 Å². The van der Waals surface area contributed by atoms with Crippen LogP contribution in [0.4, 0.5) is 5.69 Å². The molecule has 3 nitrogen and oxygen atoms in total. The Morgan fingerprint density at radius 2 is 1.92 bits per heavy atom. The number of benzene rings is 2. The summed E-state index contributed by atoms with van der Waals surface area (Å²) in [5, 5.41) is 13.9. The second-order valence-electron chi connectivity index (χ2n) is 6.25. The van der Waals surface area contributed by atoms with Crippen molar-refractivity contribution in [1.29, 1.82) is 0 Å². The number of rotatable bonds is 2. The molecule has 0 aromatic heterocycles. The Balaban J connectivity index is 1.76. The highest BCUT2D eigenvalue weighted by atomic mass is 35.5. The minimum Gasteiger partial charge on any atom is -0.478 e. The molecule has 3 unspecified atom stereocenters. The zero-order valence-electron chi connectivity index (χ0n) is 12.7. The van der Waals surface area contributed by atoms with E-state index in [2.05, 4.69) is 17.5 Å². The molecule has 0 bridgehead atoms. The van der Waals surface area contributed by atoms with E-state index in [1.165, 1.54) is 0 Å². The van der Waals surface area contributed by atoms with Crippen LogP contribution in [0, 0.1) is 5.92 Å². The molecule has 0 radical (unpaired) electrons. The molecule has 0 saturated carbocycles. The molecule has 0 amide bonds. The minimum absolute atomic E-state index is 0.0925. The van der Waals surface area contributed by atoms with Crippen molar-refractivity contribution in [1.82, 2.24) is 0 Å². The molecule has 3 atom stereocenters. The van der Waals surface area contributed by atoms with Crippen molar-refractivity contribution in [3.63, 3.8) is 0 Å². The predicted molar refractivity (Wildman–Crippen MR) is 96.2 cm³/mol. The first kappa shape index (κ1) is 15.6. The van der Waals surface area contributed by atoms with E-state index in [4.69, 9.17) is 28.3 Å². The van der Waals surface area contributed by atoms with Gasteiger partial charge in [0.1, 0.15) is 0 Å². The van der Waals surface area contributed by atoms with Gasteiger partial charge in [-0.25, -0.2) is 4.79 Å². The van der Waals surface area contributed by atoms with Gasteiger partial charge in [-0.05, 0) is 42.2 Å². The van der Waals surface area contributed by atoms with Crippen LogP contribution in [-0.4, -0.2) is 11.1 Å². The van der Waals surface area contributed by atoms with Crippen molar-refractivity contribution >= 4 is 34.9 Å². The minimum atomic E-state index is -0.914. The standard InChI is InChI=1S/C19H15Cl2NO2/c20-12-8-15(21)17-13-2-1-3-14(13)18(22-16(17)9-12)10-4-6-11(7-5-10)19(23)24/h1-2,4-9,13-14,18,22H,3H2,(H,23,24). The summed E-state index contributed by atoms with van der Waals surface area (Å²) < 4.78 is 0. The molecular formula is C19H15Cl2NO2. The van der Waals surface area contributed by atoms with Crippen LogP contribution in [0.15, 0.2) is 48.6 Å². The average molecular weight is 360 g/mol. The molecule has 2 aliphatic rings. The molecule has 2 N–H and O–H groups in total. The lowest BCUT2D eigenvalue weighted by atomic mass is 9.77. The third-order valence-corrected chi connectivity index (χ3v) is 5.43. The third kappa shape index (κ3) is 2.48. The van der Waals surface area contributed by atoms with Crippen LogP contribution in [0.25, 0.3) is 0 Å². The number of carboxylic acids is 1. The van der Waals surface area contributed by atoms with Gasteiger partial charge in [-0.1, -0.05) is 47.5 Å². The highest BCUT2D eigenvalue weighted by Crippen LogP contribution is 2.52. The van der Waals surface area contributed by atoms with Crippen LogP contribution in [0.1, 0.15) is 39.9 Å². The van der Waals surface area contributed by atoms with Crippen LogP contribution in [0.2, 0.25) is 10.0 Å². The molecule has 0 saturated heterocycles. The molecule has 0 fully saturated rings. The second kappa shape index (κ2) is 5.83. The van der Waals surface area contributed by atoms with E-state index < -0.39 is 5.97 Å². The first-order valence-corrected chi connectivity index (χ1v) is 8.55. The van der Waals surface area contributed by atoms with E-state index in [0.29, 0.717) is 21.5 Å². The van der Waals surface area contributed by atoms with Gasteiger partial charge in [-0.15, -0.1) is 0 Å². The highest BCUT2D eigenvalue weighted by molar-refractivity contribution is 6.35. The molecule has 1 aliphatic heterocycles. The van der Waals surface area contributed by atoms with Crippen LogP contribution in [-0.2, 0) is 0 Å². The van der Waals surface area contributed by atoms with E-state index in [1.54, 1.807) is 18.2 Å². The van der Waals surface area contributed by atoms with Gasteiger partial charge >= 0.3 is 5.97 Å². The lowest BCUT2D eigenvalue weighted by molar-refractivity contribution is 0.0697. The Labute approximate surface area is 149 Å². The fourth-order valence-electron chi connectivity index (χ4n) is 3.81. The molecule has 1 heterocycles.